The number of amides is 1. The lowest BCUT2D eigenvalue weighted by Crippen LogP contribution is -2.19. The molecular formula is C30H32N4O3S. The molecule has 3 aromatic carbocycles. The summed E-state index contributed by atoms with van der Waals surface area (Å²) in [6.45, 7) is 12.0. The van der Waals surface area contributed by atoms with Gasteiger partial charge in [0.1, 0.15) is 0 Å². The van der Waals surface area contributed by atoms with Gasteiger partial charge in [0.2, 0.25) is 0 Å². The Balaban J connectivity index is 1.50. The van der Waals surface area contributed by atoms with E-state index in [2.05, 4.69) is 51.9 Å². The Kier molecular flexibility index (Phi) is 7.55. The van der Waals surface area contributed by atoms with Crippen LogP contribution in [0.4, 0.5) is 5.69 Å². The van der Waals surface area contributed by atoms with E-state index in [0.717, 1.165) is 33.8 Å². The zero-order valence-electron chi connectivity index (χ0n) is 22.5. The lowest BCUT2D eigenvalue weighted by atomic mass is 10.1. The van der Waals surface area contributed by atoms with Crippen LogP contribution in [-0.2, 0) is 10.0 Å². The number of nitrogens with zero attached hydrogens (tertiary/aromatic N) is 2. The molecule has 1 heterocycles. The van der Waals surface area contributed by atoms with Gasteiger partial charge >= 0.3 is 0 Å². The van der Waals surface area contributed by atoms with Gasteiger partial charge in [0, 0.05) is 28.2 Å². The first-order chi connectivity index (χ1) is 18.0. The Morgan fingerprint density at radius 1 is 0.842 bits per heavy atom. The molecule has 0 spiro atoms. The van der Waals surface area contributed by atoms with Gasteiger partial charge in [-0.1, -0.05) is 29.8 Å². The normalized spacial score (nSPS) is 11.6. The van der Waals surface area contributed by atoms with Crippen molar-refractivity contribution in [2.75, 3.05) is 4.72 Å². The van der Waals surface area contributed by atoms with E-state index in [0.29, 0.717) is 5.69 Å². The molecule has 0 atom stereocenters. The summed E-state index contributed by atoms with van der Waals surface area (Å²) in [5.41, 5.74) is 11.5. The second-order valence-electron chi connectivity index (χ2n) is 9.58. The van der Waals surface area contributed by atoms with Crippen molar-refractivity contribution in [2.45, 2.75) is 46.4 Å². The van der Waals surface area contributed by atoms with E-state index >= 15 is 0 Å². The third kappa shape index (κ3) is 5.70. The molecule has 7 nitrogen and oxygen atoms in total. The minimum Gasteiger partial charge on any atom is -0.318 e. The fourth-order valence-electron chi connectivity index (χ4n) is 4.34. The fourth-order valence-corrected chi connectivity index (χ4v) is 5.52. The van der Waals surface area contributed by atoms with Crippen molar-refractivity contribution in [3.8, 4) is 5.69 Å². The monoisotopic (exact) mass is 528 g/mol. The summed E-state index contributed by atoms with van der Waals surface area (Å²) < 4.78 is 30.7. The van der Waals surface area contributed by atoms with Crippen LogP contribution in [-0.4, -0.2) is 25.1 Å². The maximum Gasteiger partial charge on any atom is 0.271 e. The standard InChI is InChI=1S/C30H32N4O3S/c1-19-10-13-29(22(4)14-19)33-38(36,37)28-9-7-8-25(17-28)30(35)32-31-18-26-16-23(5)34(24(26)6)27-12-11-20(2)21(3)15-27/h7-18,33H,1-6H3,(H,32,35). The van der Waals surface area contributed by atoms with Crippen molar-refractivity contribution in [1.82, 2.24) is 9.99 Å². The molecule has 0 aliphatic heterocycles. The second kappa shape index (κ2) is 10.7. The number of hydrogen-bond donors (Lipinski definition) is 2. The number of hydrogen-bond acceptors (Lipinski definition) is 4. The lowest BCUT2D eigenvalue weighted by molar-refractivity contribution is 0.0955. The van der Waals surface area contributed by atoms with Crippen molar-refractivity contribution >= 4 is 27.8 Å². The van der Waals surface area contributed by atoms with Crippen LogP contribution < -0.4 is 10.1 Å². The molecule has 1 aromatic heterocycles. The van der Waals surface area contributed by atoms with Crippen LogP contribution in [0.25, 0.3) is 5.69 Å². The number of carbonyl (C=O) groups is 1. The largest absolute Gasteiger partial charge is 0.318 e. The van der Waals surface area contributed by atoms with Crippen molar-refractivity contribution in [1.29, 1.82) is 0 Å². The van der Waals surface area contributed by atoms with Gasteiger partial charge in [-0.2, -0.15) is 5.10 Å². The Morgan fingerprint density at radius 3 is 2.32 bits per heavy atom. The van der Waals surface area contributed by atoms with Gasteiger partial charge in [0.25, 0.3) is 15.9 Å². The van der Waals surface area contributed by atoms with Crippen LogP contribution in [0.1, 0.15) is 49.6 Å². The Bertz CT molecular complexity index is 1670. The minimum atomic E-state index is -3.88. The molecule has 0 radical (unpaired) electrons. The number of anilines is 1. The summed E-state index contributed by atoms with van der Waals surface area (Å²) in [6, 6.07) is 19.7. The molecule has 0 unspecified atom stereocenters. The predicted octanol–water partition coefficient (Wildman–Crippen LogP) is 5.89. The molecule has 4 aromatic rings. The molecule has 0 aliphatic rings. The Labute approximate surface area is 224 Å². The van der Waals surface area contributed by atoms with Crippen molar-refractivity contribution in [2.24, 2.45) is 5.10 Å². The highest BCUT2D eigenvalue weighted by Gasteiger charge is 2.17. The van der Waals surface area contributed by atoms with E-state index < -0.39 is 15.9 Å². The smallest absolute Gasteiger partial charge is 0.271 e. The molecule has 0 aliphatic carbocycles. The van der Waals surface area contributed by atoms with Gasteiger partial charge in [0.15, 0.2) is 0 Å². The van der Waals surface area contributed by atoms with Crippen LogP contribution in [0, 0.1) is 41.5 Å². The third-order valence-electron chi connectivity index (χ3n) is 6.62. The first kappa shape index (κ1) is 26.9. The Morgan fingerprint density at radius 2 is 1.61 bits per heavy atom. The minimum absolute atomic E-state index is 0.00829. The summed E-state index contributed by atoms with van der Waals surface area (Å²) in [5, 5.41) is 4.14. The van der Waals surface area contributed by atoms with E-state index in [1.165, 1.54) is 29.3 Å². The quantitative estimate of drug-likeness (QED) is 0.231. The molecule has 0 saturated carbocycles. The SMILES string of the molecule is Cc1ccc(NS(=O)(=O)c2cccc(C(=O)NN=Cc3cc(C)n(-c4ccc(C)c(C)c4)c3C)c2)c(C)c1. The topological polar surface area (TPSA) is 92.6 Å². The number of rotatable bonds is 7. The fraction of sp³-hybridized carbons (Fsp3) is 0.200. The maximum atomic E-state index is 13.0. The van der Waals surface area contributed by atoms with Crippen molar-refractivity contribution in [3.63, 3.8) is 0 Å². The van der Waals surface area contributed by atoms with Gasteiger partial charge in [-0.05, 0) is 101 Å². The summed E-state index contributed by atoms with van der Waals surface area (Å²) in [5.74, 6) is -0.507. The van der Waals surface area contributed by atoms with Gasteiger partial charge in [-0.3, -0.25) is 9.52 Å². The predicted molar refractivity (Wildman–Crippen MR) is 153 cm³/mol. The van der Waals surface area contributed by atoms with Crippen LogP contribution in [0.3, 0.4) is 0 Å². The van der Waals surface area contributed by atoms with Crippen LogP contribution in [0.2, 0.25) is 0 Å². The van der Waals surface area contributed by atoms with Crippen molar-refractivity contribution in [3.05, 3.63) is 111 Å². The summed E-state index contributed by atoms with van der Waals surface area (Å²) in [4.78, 5) is 12.8. The number of aromatic nitrogens is 1. The van der Waals surface area contributed by atoms with Gasteiger partial charge in [-0.15, -0.1) is 0 Å². The zero-order valence-corrected chi connectivity index (χ0v) is 23.3. The van der Waals surface area contributed by atoms with E-state index in [4.69, 9.17) is 0 Å². The summed E-state index contributed by atoms with van der Waals surface area (Å²) in [6.07, 6.45) is 1.60. The average molecular weight is 529 g/mol. The molecule has 0 bridgehead atoms. The van der Waals surface area contributed by atoms with Crippen LogP contribution in [0.15, 0.2) is 76.7 Å². The first-order valence-electron chi connectivity index (χ1n) is 12.3. The molecule has 0 saturated heterocycles. The first-order valence-corrected chi connectivity index (χ1v) is 13.7. The molecule has 2 N–H and O–H groups in total. The average Bonchev–Trinajstić information content (AvgIpc) is 3.15. The lowest BCUT2D eigenvalue weighted by Gasteiger charge is -2.12. The van der Waals surface area contributed by atoms with Crippen LogP contribution in [0.5, 0.6) is 0 Å². The molecular weight excluding hydrogens is 496 g/mol. The highest BCUT2D eigenvalue weighted by Crippen LogP contribution is 2.23. The van der Waals surface area contributed by atoms with E-state index in [1.807, 2.05) is 45.9 Å². The highest BCUT2D eigenvalue weighted by atomic mass is 32.2. The summed E-state index contributed by atoms with van der Waals surface area (Å²) in [7, 11) is -3.88. The van der Waals surface area contributed by atoms with E-state index in [9.17, 15) is 13.2 Å². The third-order valence-corrected chi connectivity index (χ3v) is 7.98. The number of nitrogens with one attached hydrogen (secondary N) is 2. The molecule has 38 heavy (non-hydrogen) atoms. The number of sulfonamides is 1. The van der Waals surface area contributed by atoms with E-state index in [-0.39, 0.29) is 10.5 Å². The second-order valence-corrected chi connectivity index (χ2v) is 11.3. The molecule has 1 amide bonds. The zero-order chi connectivity index (χ0) is 27.6. The van der Waals surface area contributed by atoms with Crippen molar-refractivity contribution < 1.29 is 13.2 Å². The number of hydrazone groups is 1. The van der Waals surface area contributed by atoms with Gasteiger partial charge in [-0.25, -0.2) is 13.8 Å². The number of carbonyl (C=O) groups excluding carboxylic acids is 1. The van der Waals surface area contributed by atoms with Crippen LogP contribution >= 0.6 is 0 Å². The summed E-state index contributed by atoms with van der Waals surface area (Å²) >= 11 is 0. The van der Waals surface area contributed by atoms with Gasteiger partial charge < -0.3 is 4.57 Å². The Hall–Kier alpha value is -4.17. The molecule has 0 fully saturated rings. The molecule has 196 valence electrons. The number of aryl methyl sites for hydroxylation is 5. The maximum absolute atomic E-state index is 13.0. The molecule has 8 heteroatoms. The molecule has 4 rings (SSSR count). The number of benzene rings is 3. The van der Waals surface area contributed by atoms with Gasteiger partial charge in [0.05, 0.1) is 16.8 Å². The highest BCUT2D eigenvalue weighted by molar-refractivity contribution is 7.92. The van der Waals surface area contributed by atoms with E-state index in [1.54, 1.807) is 18.3 Å².